The minimum absolute atomic E-state index is 0.0328. The van der Waals surface area contributed by atoms with Crippen LogP contribution in [0.15, 0.2) is 12.1 Å². The first-order valence-corrected chi connectivity index (χ1v) is 5.88. The smallest absolute Gasteiger partial charge is 0.0684 e. The lowest BCUT2D eigenvalue weighted by Gasteiger charge is -2.21. The van der Waals surface area contributed by atoms with Crippen LogP contribution in [0.1, 0.15) is 61.8 Å². The van der Waals surface area contributed by atoms with E-state index in [1.54, 1.807) is 0 Å². The van der Waals surface area contributed by atoms with E-state index in [-0.39, 0.29) is 13.2 Å². The van der Waals surface area contributed by atoms with E-state index in [2.05, 4.69) is 33.8 Å². The summed E-state index contributed by atoms with van der Waals surface area (Å²) in [5.74, 6) is 0.807. The molecule has 0 heterocycles. The van der Waals surface area contributed by atoms with Gasteiger partial charge in [0.1, 0.15) is 0 Å². The van der Waals surface area contributed by atoms with Gasteiger partial charge in [-0.1, -0.05) is 39.8 Å². The second kappa shape index (κ2) is 5.46. The Bertz CT molecular complexity index is 354. The molecule has 2 nitrogen and oxygen atoms in total. The zero-order valence-corrected chi connectivity index (χ0v) is 10.6. The van der Waals surface area contributed by atoms with Gasteiger partial charge in [0.05, 0.1) is 13.2 Å². The Morgan fingerprint density at radius 2 is 1.56 bits per heavy atom. The van der Waals surface area contributed by atoms with Crippen molar-refractivity contribution in [2.75, 3.05) is 0 Å². The summed E-state index contributed by atoms with van der Waals surface area (Å²) in [6.07, 6.45) is 0. The quantitative estimate of drug-likeness (QED) is 0.822. The van der Waals surface area contributed by atoms with Gasteiger partial charge in [-0.25, -0.2) is 0 Å². The predicted molar refractivity (Wildman–Crippen MR) is 66.5 cm³/mol. The van der Waals surface area contributed by atoms with Crippen molar-refractivity contribution in [3.05, 3.63) is 34.4 Å². The van der Waals surface area contributed by atoms with Gasteiger partial charge >= 0.3 is 0 Å². The van der Waals surface area contributed by atoms with Gasteiger partial charge in [0, 0.05) is 0 Å². The van der Waals surface area contributed by atoms with Crippen molar-refractivity contribution in [1.29, 1.82) is 0 Å². The van der Waals surface area contributed by atoms with Crippen molar-refractivity contribution in [1.82, 2.24) is 0 Å². The van der Waals surface area contributed by atoms with Crippen molar-refractivity contribution < 1.29 is 10.2 Å². The van der Waals surface area contributed by atoms with E-state index in [1.807, 2.05) is 6.07 Å². The van der Waals surface area contributed by atoms with Gasteiger partial charge in [-0.3, -0.25) is 0 Å². The average molecular weight is 222 g/mol. The summed E-state index contributed by atoms with van der Waals surface area (Å²) in [6, 6.07) is 3.96. The Morgan fingerprint density at radius 1 is 0.938 bits per heavy atom. The van der Waals surface area contributed by atoms with Gasteiger partial charge in [0.15, 0.2) is 0 Å². The molecular weight excluding hydrogens is 200 g/mol. The maximum atomic E-state index is 9.41. The Kier molecular flexibility index (Phi) is 4.51. The lowest BCUT2D eigenvalue weighted by Crippen LogP contribution is -2.06. The third-order valence-corrected chi connectivity index (χ3v) is 2.91. The zero-order valence-electron chi connectivity index (χ0n) is 10.6. The Hall–Kier alpha value is -0.860. The van der Waals surface area contributed by atoms with Crippen LogP contribution in [0, 0.1) is 0 Å². The summed E-state index contributed by atoms with van der Waals surface area (Å²) in [7, 11) is 0. The fourth-order valence-electron chi connectivity index (χ4n) is 2.21. The molecule has 0 unspecified atom stereocenters. The highest BCUT2D eigenvalue weighted by molar-refractivity contribution is 5.42. The van der Waals surface area contributed by atoms with Crippen molar-refractivity contribution in [3.63, 3.8) is 0 Å². The maximum absolute atomic E-state index is 9.41. The molecule has 0 aliphatic rings. The maximum Gasteiger partial charge on any atom is 0.0684 e. The van der Waals surface area contributed by atoms with Crippen LogP contribution in [0.25, 0.3) is 0 Å². The summed E-state index contributed by atoms with van der Waals surface area (Å²) in [6.45, 7) is 8.64. The SMILES string of the molecule is CC(C)c1cc(CO)cc(CO)c1C(C)C. The van der Waals surface area contributed by atoms with Crippen LogP contribution in [0.2, 0.25) is 0 Å². The van der Waals surface area contributed by atoms with Crippen LogP contribution >= 0.6 is 0 Å². The zero-order chi connectivity index (χ0) is 12.3. The highest BCUT2D eigenvalue weighted by atomic mass is 16.3. The molecular formula is C14H22O2. The average Bonchev–Trinajstić information content (AvgIpc) is 2.26. The first-order valence-electron chi connectivity index (χ1n) is 5.88. The summed E-state index contributed by atoms with van der Waals surface area (Å²) in [5, 5.41) is 18.6. The van der Waals surface area contributed by atoms with Gasteiger partial charge in [-0.05, 0) is 34.1 Å². The number of rotatable bonds is 4. The van der Waals surface area contributed by atoms with Crippen molar-refractivity contribution in [2.24, 2.45) is 0 Å². The first kappa shape index (κ1) is 13.2. The first-order chi connectivity index (χ1) is 7.51. The highest BCUT2D eigenvalue weighted by Gasteiger charge is 2.15. The molecule has 0 aliphatic carbocycles. The van der Waals surface area contributed by atoms with E-state index >= 15 is 0 Å². The van der Waals surface area contributed by atoms with E-state index in [4.69, 9.17) is 0 Å². The van der Waals surface area contributed by atoms with E-state index < -0.39 is 0 Å². The molecule has 1 rings (SSSR count). The van der Waals surface area contributed by atoms with Crippen LogP contribution < -0.4 is 0 Å². The minimum atomic E-state index is 0.0328. The number of aliphatic hydroxyl groups excluding tert-OH is 2. The Labute approximate surface area is 97.9 Å². The molecule has 0 fully saturated rings. The summed E-state index contributed by atoms with van der Waals surface area (Å²) in [5.41, 5.74) is 4.31. The molecule has 90 valence electrons. The molecule has 0 saturated heterocycles. The lowest BCUT2D eigenvalue weighted by atomic mass is 9.85. The number of aliphatic hydroxyl groups is 2. The summed E-state index contributed by atoms with van der Waals surface area (Å²) in [4.78, 5) is 0. The molecule has 1 aromatic carbocycles. The molecule has 0 aromatic heterocycles. The molecule has 2 N–H and O–H groups in total. The van der Waals surface area contributed by atoms with E-state index in [0.29, 0.717) is 11.8 Å². The molecule has 0 saturated carbocycles. The van der Waals surface area contributed by atoms with E-state index in [9.17, 15) is 10.2 Å². The number of hydrogen-bond donors (Lipinski definition) is 2. The third kappa shape index (κ3) is 2.63. The summed E-state index contributed by atoms with van der Waals surface area (Å²) < 4.78 is 0. The fourth-order valence-corrected chi connectivity index (χ4v) is 2.21. The van der Waals surface area contributed by atoms with Crippen LogP contribution in [0.3, 0.4) is 0 Å². The van der Waals surface area contributed by atoms with Crippen LogP contribution in [-0.4, -0.2) is 10.2 Å². The molecule has 1 aromatic rings. The van der Waals surface area contributed by atoms with Crippen molar-refractivity contribution in [2.45, 2.75) is 52.7 Å². The Balaban J connectivity index is 3.41. The van der Waals surface area contributed by atoms with Crippen LogP contribution in [0.4, 0.5) is 0 Å². The van der Waals surface area contributed by atoms with Gasteiger partial charge in [-0.15, -0.1) is 0 Å². The topological polar surface area (TPSA) is 40.5 Å². The molecule has 0 amide bonds. The molecule has 0 spiro atoms. The summed E-state index contributed by atoms with van der Waals surface area (Å²) >= 11 is 0. The normalized spacial score (nSPS) is 11.5. The largest absolute Gasteiger partial charge is 0.392 e. The van der Waals surface area contributed by atoms with Gasteiger partial charge < -0.3 is 10.2 Å². The third-order valence-electron chi connectivity index (χ3n) is 2.91. The number of hydrogen-bond acceptors (Lipinski definition) is 2. The second-order valence-electron chi connectivity index (χ2n) is 4.88. The second-order valence-corrected chi connectivity index (χ2v) is 4.88. The van der Waals surface area contributed by atoms with E-state index in [0.717, 1.165) is 11.1 Å². The molecule has 0 atom stereocenters. The minimum Gasteiger partial charge on any atom is -0.392 e. The van der Waals surface area contributed by atoms with Gasteiger partial charge in [0.25, 0.3) is 0 Å². The monoisotopic (exact) mass is 222 g/mol. The molecule has 0 radical (unpaired) electrons. The molecule has 2 heteroatoms. The lowest BCUT2D eigenvalue weighted by molar-refractivity contribution is 0.274. The Morgan fingerprint density at radius 3 is 1.94 bits per heavy atom. The molecule has 0 bridgehead atoms. The van der Waals surface area contributed by atoms with Crippen molar-refractivity contribution >= 4 is 0 Å². The molecule has 16 heavy (non-hydrogen) atoms. The van der Waals surface area contributed by atoms with Crippen molar-refractivity contribution in [3.8, 4) is 0 Å². The number of benzene rings is 1. The van der Waals surface area contributed by atoms with E-state index in [1.165, 1.54) is 11.1 Å². The van der Waals surface area contributed by atoms with Crippen LogP contribution in [0.5, 0.6) is 0 Å². The van der Waals surface area contributed by atoms with Gasteiger partial charge in [-0.2, -0.15) is 0 Å². The predicted octanol–water partition coefficient (Wildman–Crippen LogP) is 2.92. The van der Waals surface area contributed by atoms with Gasteiger partial charge in [0.2, 0.25) is 0 Å². The highest BCUT2D eigenvalue weighted by Crippen LogP contribution is 2.30. The molecule has 0 aliphatic heterocycles. The van der Waals surface area contributed by atoms with Crippen LogP contribution in [-0.2, 0) is 13.2 Å². The standard InChI is InChI=1S/C14H22O2/c1-9(2)13-6-11(7-15)5-12(8-16)14(13)10(3)4/h5-6,9-10,15-16H,7-8H2,1-4H3. The fraction of sp³-hybridized carbons (Fsp3) is 0.571.